The Morgan fingerprint density at radius 1 is 1.12 bits per heavy atom. The molecule has 0 spiro atoms. The van der Waals surface area contributed by atoms with E-state index in [2.05, 4.69) is 59.9 Å². The highest BCUT2D eigenvalue weighted by atomic mass is 79.9. The van der Waals surface area contributed by atoms with Crippen molar-refractivity contribution in [2.75, 3.05) is 0 Å². The summed E-state index contributed by atoms with van der Waals surface area (Å²) in [6.07, 6.45) is 0. The van der Waals surface area contributed by atoms with Crippen LogP contribution in [-0.4, -0.2) is 0 Å². The molecule has 0 nitrogen and oxygen atoms in total. The smallest absolute Gasteiger partial charge is 0.0887 e. The predicted molar refractivity (Wildman–Crippen MR) is 81.9 cm³/mol. The van der Waals surface area contributed by atoms with Crippen molar-refractivity contribution >= 4 is 70.7 Å². The Morgan fingerprint density at radius 3 is 2.25 bits per heavy atom. The topological polar surface area (TPSA) is 0 Å². The molecular formula is C11H6Br3ClS. The number of hydrogen-bond acceptors (Lipinski definition) is 1. The number of halogens is 4. The Kier molecular flexibility index (Phi) is 4.52. The third kappa shape index (κ3) is 2.91. The fourth-order valence-corrected chi connectivity index (χ4v) is 4.02. The van der Waals surface area contributed by atoms with Crippen LogP contribution in [0.25, 0.3) is 0 Å². The zero-order chi connectivity index (χ0) is 11.7. The van der Waals surface area contributed by atoms with Crippen molar-refractivity contribution in [3.05, 3.63) is 54.1 Å². The first-order valence-electron chi connectivity index (χ1n) is 4.42. The third-order valence-corrected chi connectivity index (χ3v) is 6.47. The molecule has 16 heavy (non-hydrogen) atoms. The van der Waals surface area contributed by atoms with Gasteiger partial charge in [-0.05, 0) is 39.7 Å². The van der Waals surface area contributed by atoms with Gasteiger partial charge in [-0.15, -0.1) is 11.3 Å². The van der Waals surface area contributed by atoms with Gasteiger partial charge in [0, 0.05) is 9.35 Å². The predicted octanol–water partition coefficient (Wildman–Crippen LogP) is 6.41. The standard InChI is InChI=1S/C11H6Br3ClS/c12-7-3-1-6(2-4-7)10(13)9-5-8(15)11(14)16-9/h1-5,10H. The van der Waals surface area contributed by atoms with Gasteiger partial charge >= 0.3 is 0 Å². The lowest BCUT2D eigenvalue weighted by atomic mass is 10.1. The summed E-state index contributed by atoms with van der Waals surface area (Å²) in [4.78, 5) is 1.38. The molecule has 84 valence electrons. The Morgan fingerprint density at radius 2 is 1.75 bits per heavy atom. The minimum atomic E-state index is 0.189. The molecule has 0 N–H and O–H groups in total. The van der Waals surface area contributed by atoms with E-state index in [1.54, 1.807) is 11.3 Å². The summed E-state index contributed by atoms with van der Waals surface area (Å²) in [6.45, 7) is 0. The van der Waals surface area contributed by atoms with Crippen LogP contribution in [0.3, 0.4) is 0 Å². The van der Waals surface area contributed by atoms with E-state index in [-0.39, 0.29) is 4.83 Å². The van der Waals surface area contributed by atoms with Crippen LogP contribution in [-0.2, 0) is 0 Å². The van der Waals surface area contributed by atoms with Crippen molar-refractivity contribution in [1.29, 1.82) is 0 Å². The molecule has 1 heterocycles. The Bertz CT molecular complexity index is 473. The molecule has 0 bridgehead atoms. The second-order valence-corrected chi connectivity index (χ2v) is 7.82. The molecule has 1 aromatic carbocycles. The zero-order valence-corrected chi connectivity index (χ0v) is 14.2. The van der Waals surface area contributed by atoms with Gasteiger partial charge in [-0.25, -0.2) is 0 Å². The second kappa shape index (κ2) is 5.53. The lowest BCUT2D eigenvalue weighted by Crippen LogP contribution is -1.88. The van der Waals surface area contributed by atoms with Gasteiger partial charge in [-0.2, -0.15) is 0 Å². The normalized spacial score (nSPS) is 12.8. The van der Waals surface area contributed by atoms with Crippen LogP contribution in [0.4, 0.5) is 0 Å². The van der Waals surface area contributed by atoms with Crippen LogP contribution in [0.2, 0.25) is 5.02 Å². The van der Waals surface area contributed by atoms with Crippen LogP contribution in [0, 0.1) is 0 Å². The van der Waals surface area contributed by atoms with Crippen molar-refractivity contribution in [3.8, 4) is 0 Å². The minimum absolute atomic E-state index is 0.189. The fourth-order valence-electron chi connectivity index (χ4n) is 1.28. The summed E-state index contributed by atoms with van der Waals surface area (Å²) < 4.78 is 2.06. The first-order chi connectivity index (χ1) is 7.58. The number of rotatable bonds is 2. The molecule has 1 atom stereocenters. The van der Waals surface area contributed by atoms with Crippen LogP contribution in [0.1, 0.15) is 15.3 Å². The van der Waals surface area contributed by atoms with E-state index in [4.69, 9.17) is 11.6 Å². The quantitative estimate of drug-likeness (QED) is 0.469. The molecule has 2 aromatic rings. The van der Waals surface area contributed by atoms with Gasteiger partial charge in [0.15, 0.2) is 0 Å². The first kappa shape index (κ1) is 13.1. The van der Waals surface area contributed by atoms with Crippen LogP contribution in [0.15, 0.2) is 38.6 Å². The molecule has 0 radical (unpaired) electrons. The molecule has 0 aliphatic heterocycles. The molecule has 5 heteroatoms. The highest BCUT2D eigenvalue weighted by Crippen LogP contribution is 2.41. The summed E-state index contributed by atoms with van der Waals surface area (Å²) in [7, 11) is 0. The number of benzene rings is 1. The summed E-state index contributed by atoms with van der Waals surface area (Å²) in [6, 6.07) is 10.2. The van der Waals surface area contributed by atoms with Gasteiger partial charge in [0.05, 0.1) is 13.6 Å². The third-order valence-electron chi connectivity index (χ3n) is 2.08. The van der Waals surface area contributed by atoms with Crippen LogP contribution in [0.5, 0.6) is 0 Å². The molecule has 0 amide bonds. The Hall–Kier alpha value is 0.650. The number of thiophene rings is 1. The summed E-state index contributed by atoms with van der Waals surface area (Å²) in [5.74, 6) is 0. The zero-order valence-electron chi connectivity index (χ0n) is 7.88. The molecule has 0 fully saturated rings. The molecule has 1 unspecified atom stereocenters. The Labute approximate surface area is 128 Å². The van der Waals surface area contributed by atoms with Crippen molar-refractivity contribution in [2.45, 2.75) is 4.83 Å². The van der Waals surface area contributed by atoms with E-state index in [0.717, 1.165) is 13.3 Å². The van der Waals surface area contributed by atoms with E-state index in [9.17, 15) is 0 Å². The van der Waals surface area contributed by atoms with Crippen molar-refractivity contribution < 1.29 is 0 Å². The molecule has 0 saturated carbocycles. The largest absolute Gasteiger partial charge is 0.130 e. The second-order valence-electron chi connectivity index (χ2n) is 3.18. The maximum Gasteiger partial charge on any atom is 0.0887 e. The monoisotopic (exact) mass is 442 g/mol. The van der Waals surface area contributed by atoms with Gasteiger partial charge < -0.3 is 0 Å². The molecular weight excluding hydrogens is 439 g/mol. The van der Waals surface area contributed by atoms with Gasteiger partial charge in [-0.1, -0.05) is 55.6 Å². The molecule has 0 aliphatic carbocycles. The fraction of sp³-hybridized carbons (Fsp3) is 0.0909. The van der Waals surface area contributed by atoms with Gasteiger partial charge in [0.25, 0.3) is 0 Å². The summed E-state index contributed by atoms with van der Waals surface area (Å²) in [5, 5.41) is 0.765. The number of alkyl halides is 1. The Balaban J connectivity index is 2.31. The average Bonchev–Trinajstić information content (AvgIpc) is 2.59. The van der Waals surface area contributed by atoms with Gasteiger partial charge in [-0.3, -0.25) is 0 Å². The lowest BCUT2D eigenvalue weighted by Gasteiger charge is -2.07. The van der Waals surface area contributed by atoms with Gasteiger partial charge in [0.2, 0.25) is 0 Å². The molecule has 0 aliphatic rings. The van der Waals surface area contributed by atoms with E-state index in [1.807, 2.05) is 18.2 Å². The minimum Gasteiger partial charge on any atom is -0.130 e. The van der Waals surface area contributed by atoms with E-state index in [0.29, 0.717) is 0 Å². The average molecular weight is 445 g/mol. The maximum atomic E-state index is 6.02. The van der Waals surface area contributed by atoms with Crippen LogP contribution < -0.4 is 0 Å². The molecule has 2 rings (SSSR count). The van der Waals surface area contributed by atoms with E-state index >= 15 is 0 Å². The molecule has 1 aromatic heterocycles. The van der Waals surface area contributed by atoms with E-state index in [1.165, 1.54) is 10.4 Å². The van der Waals surface area contributed by atoms with Crippen LogP contribution >= 0.6 is 70.7 Å². The van der Waals surface area contributed by atoms with Crippen molar-refractivity contribution in [2.24, 2.45) is 0 Å². The SMILES string of the molecule is Clc1cc(C(Br)c2ccc(Br)cc2)sc1Br. The molecule has 0 saturated heterocycles. The highest BCUT2D eigenvalue weighted by Gasteiger charge is 2.14. The highest BCUT2D eigenvalue weighted by molar-refractivity contribution is 9.11. The van der Waals surface area contributed by atoms with E-state index < -0.39 is 0 Å². The first-order valence-corrected chi connectivity index (χ1v) is 8.12. The van der Waals surface area contributed by atoms with Crippen molar-refractivity contribution in [3.63, 3.8) is 0 Å². The summed E-state index contributed by atoms with van der Waals surface area (Å²) in [5.41, 5.74) is 1.22. The lowest BCUT2D eigenvalue weighted by molar-refractivity contribution is 1.22. The van der Waals surface area contributed by atoms with Gasteiger partial charge in [0.1, 0.15) is 0 Å². The number of hydrogen-bond donors (Lipinski definition) is 0. The van der Waals surface area contributed by atoms with Crippen molar-refractivity contribution in [1.82, 2.24) is 0 Å². The maximum absolute atomic E-state index is 6.02. The summed E-state index contributed by atoms with van der Waals surface area (Å²) >= 11 is 18.2.